The minimum Gasteiger partial charge on any atom is -0.481 e. The Balaban J connectivity index is 1.90. The van der Waals surface area contributed by atoms with Crippen LogP contribution in [0.3, 0.4) is 0 Å². The van der Waals surface area contributed by atoms with Crippen LogP contribution >= 0.6 is 0 Å². The second kappa shape index (κ2) is 7.44. The molecule has 20 heavy (non-hydrogen) atoms. The summed E-state index contributed by atoms with van der Waals surface area (Å²) in [6.45, 7) is 4.51. The number of carboxylic acids is 1. The average molecular weight is 275 g/mol. The third-order valence-corrected chi connectivity index (χ3v) is 4.26. The summed E-state index contributed by atoms with van der Waals surface area (Å²) < 4.78 is 0. The van der Waals surface area contributed by atoms with Gasteiger partial charge in [0.25, 0.3) is 0 Å². The Bertz CT molecular complexity index is 427. The van der Waals surface area contributed by atoms with Gasteiger partial charge in [-0.1, -0.05) is 37.6 Å². The first-order valence-corrected chi connectivity index (χ1v) is 7.72. The molecular weight excluding hydrogens is 250 g/mol. The summed E-state index contributed by atoms with van der Waals surface area (Å²) in [5.41, 5.74) is 2.45. The van der Waals surface area contributed by atoms with Gasteiger partial charge in [0.05, 0.1) is 0 Å². The quantitative estimate of drug-likeness (QED) is 0.864. The molecule has 1 aromatic carbocycles. The highest BCUT2D eigenvalue weighted by Crippen LogP contribution is 2.21. The molecule has 1 saturated heterocycles. The van der Waals surface area contributed by atoms with Crippen molar-refractivity contribution in [3.63, 3.8) is 0 Å². The van der Waals surface area contributed by atoms with Gasteiger partial charge in [-0.25, -0.2) is 0 Å². The number of benzene rings is 1. The maximum Gasteiger partial charge on any atom is 0.303 e. The Labute approximate surface area is 121 Å². The van der Waals surface area contributed by atoms with E-state index in [0.29, 0.717) is 6.42 Å². The summed E-state index contributed by atoms with van der Waals surface area (Å²) in [5.74, 6) is -0.729. The third-order valence-electron chi connectivity index (χ3n) is 4.26. The number of piperidine rings is 1. The summed E-state index contributed by atoms with van der Waals surface area (Å²) in [4.78, 5) is 13.2. The highest BCUT2D eigenvalue weighted by Gasteiger charge is 2.20. The lowest BCUT2D eigenvalue weighted by Crippen LogP contribution is -2.38. The van der Waals surface area contributed by atoms with Crippen LogP contribution in [0.15, 0.2) is 24.3 Å². The van der Waals surface area contributed by atoms with Crippen LogP contribution < -0.4 is 0 Å². The summed E-state index contributed by atoms with van der Waals surface area (Å²) in [5, 5.41) is 8.70. The predicted molar refractivity (Wildman–Crippen MR) is 80.7 cm³/mol. The van der Waals surface area contributed by atoms with E-state index < -0.39 is 5.97 Å². The first-order valence-electron chi connectivity index (χ1n) is 7.72. The molecule has 0 aromatic heterocycles. The molecule has 1 fully saturated rings. The van der Waals surface area contributed by atoms with Crippen LogP contribution in [-0.2, 0) is 17.8 Å². The van der Waals surface area contributed by atoms with Crippen LogP contribution in [0.5, 0.6) is 0 Å². The van der Waals surface area contributed by atoms with Gasteiger partial charge in [0.15, 0.2) is 0 Å². The third kappa shape index (κ3) is 4.34. The molecule has 1 heterocycles. The van der Waals surface area contributed by atoms with Crippen molar-refractivity contribution in [3.8, 4) is 0 Å². The van der Waals surface area contributed by atoms with Crippen LogP contribution in [0.2, 0.25) is 0 Å². The van der Waals surface area contributed by atoms with Crippen molar-refractivity contribution >= 4 is 5.97 Å². The number of rotatable bonds is 6. The molecule has 3 nitrogen and oxygen atoms in total. The molecule has 0 bridgehead atoms. The second-order valence-corrected chi connectivity index (χ2v) is 5.74. The average Bonchev–Trinajstić information content (AvgIpc) is 2.47. The molecule has 0 spiro atoms. The molecular formula is C17H25NO2. The molecule has 0 radical (unpaired) electrons. The van der Waals surface area contributed by atoms with Gasteiger partial charge in [-0.2, -0.15) is 0 Å². The van der Waals surface area contributed by atoms with Gasteiger partial charge in [-0.15, -0.1) is 0 Å². The minimum atomic E-state index is -0.729. The SMILES string of the molecule is CCC1CCCCN1Cc1ccc(CCC(=O)O)cc1. The summed E-state index contributed by atoms with van der Waals surface area (Å²) in [7, 11) is 0. The normalized spacial score (nSPS) is 19.9. The minimum absolute atomic E-state index is 0.212. The van der Waals surface area contributed by atoms with Crippen molar-refractivity contribution in [1.29, 1.82) is 0 Å². The first kappa shape index (κ1) is 15.0. The Morgan fingerprint density at radius 2 is 1.95 bits per heavy atom. The maximum absolute atomic E-state index is 10.6. The monoisotopic (exact) mass is 275 g/mol. The number of carboxylic acid groups (broad SMARTS) is 1. The van der Waals surface area contributed by atoms with Crippen molar-refractivity contribution in [2.75, 3.05) is 6.54 Å². The Kier molecular flexibility index (Phi) is 5.60. The Morgan fingerprint density at radius 3 is 2.60 bits per heavy atom. The molecule has 1 unspecified atom stereocenters. The van der Waals surface area contributed by atoms with E-state index in [1.807, 2.05) is 0 Å². The van der Waals surface area contributed by atoms with E-state index in [2.05, 4.69) is 36.1 Å². The lowest BCUT2D eigenvalue weighted by Gasteiger charge is -2.35. The van der Waals surface area contributed by atoms with Crippen LogP contribution in [0, 0.1) is 0 Å². The van der Waals surface area contributed by atoms with Gasteiger partial charge in [-0.05, 0) is 43.4 Å². The maximum atomic E-state index is 10.6. The summed E-state index contributed by atoms with van der Waals surface area (Å²) >= 11 is 0. The zero-order valence-electron chi connectivity index (χ0n) is 12.3. The van der Waals surface area contributed by atoms with Crippen LogP contribution in [0.1, 0.15) is 50.2 Å². The van der Waals surface area contributed by atoms with Crippen LogP contribution in [0.4, 0.5) is 0 Å². The molecule has 1 atom stereocenters. The van der Waals surface area contributed by atoms with Crippen molar-refractivity contribution in [3.05, 3.63) is 35.4 Å². The van der Waals surface area contributed by atoms with Gasteiger partial charge >= 0.3 is 5.97 Å². The van der Waals surface area contributed by atoms with E-state index in [1.54, 1.807) is 0 Å². The van der Waals surface area contributed by atoms with E-state index >= 15 is 0 Å². The van der Waals surface area contributed by atoms with Gasteiger partial charge in [0, 0.05) is 19.0 Å². The van der Waals surface area contributed by atoms with E-state index in [9.17, 15) is 4.79 Å². The molecule has 0 saturated carbocycles. The number of hydrogen-bond donors (Lipinski definition) is 1. The standard InChI is InChI=1S/C17H25NO2/c1-2-16-5-3-4-12-18(16)13-15-8-6-14(7-9-15)10-11-17(19)20/h6-9,16H,2-5,10-13H2,1H3,(H,19,20). The second-order valence-electron chi connectivity index (χ2n) is 5.74. The van der Waals surface area contributed by atoms with E-state index in [0.717, 1.165) is 18.2 Å². The molecule has 1 aliphatic heterocycles. The summed E-state index contributed by atoms with van der Waals surface area (Å²) in [6.07, 6.45) is 6.07. The smallest absolute Gasteiger partial charge is 0.303 e. The highest BCUT2D eigenvalue weighted by atomic mass is 16.4. The fourth-order valence-electron chi connectivity index (χ4n) is 3.03. The number of hydrogen-bond acceptors (Lipinski definition) is 2. The number of nitrogens with zero attached hydrogens (tertiary/aromatic N) is 1. The van der Waals surface area contributed by atoms with Crippen molar-refractivity contribution in [2.45, 2.75) is 58.0 Å². The molecule has 110 valence electrons. The number of aliphatic carboxylic acids is 1. The van der Waals surface area contributed by atoms with E-state index in [1.165, 1.54) is 37.8 Å². The Morgan fingerprint density at radius 1 is 1.25 bits per heavy atom. The number of likely N-dealkylation sites (tertiary alicyclic amines) is 1. The van der Waals surface area contributed by atoms with E-state index in [4.69, 9.17) is 5.11 Å². The largest absolute Gasteiger partial charge is 0.481 e. The van der Waals surface area contributed by atoms with Crippen LogP contribution in [-0.4, -0.2) is 28.6 Å². The molecule has 2 rings (SSSR count). The number of carbonyl (C=O) groups is 1. The van der Waals surface area contributed by atoms with Crippen molar-refractivity contribution in [1.82, 2.24) is 4.90 Å². The topological polar surface area (TPSA) is 40.5 Å². The van der Waals surface area contributed by atoms with Crippen LogP contribution in [0.25, 0.3) is 0 Å². The molecule has 0 amide bonds. The molecule has 1 aromatic rings. The van der Waals surface area contributed by atoms with Gasteiger partial charge < -0.3 is 5.11 Å². The molecule has 3 heteroatoms. The fourth-order valence-corrected chi connectivity index (χ4v) is 3.03. The Hall–Kier alpha value is -1.35. The summed E-state index contributed by atoms with van der Waals surface area (Å²) in [6, 6.07) is 9.18. The lowest BCUT2D eigenvalue weighted by atomic mass is 9.99. The van der Waals surface area contributed by atoms with Gasteiger partial charge in [0.1, 0.15) is 0 Å². The van der Waals surface area contributed by atoms with Crippen molar-refractivity contribution < 1.29 is 9.90 Å². The van der Waals surface area contributed by atoms with Gasteiger partial charge in [-0.3, -0.25) is 9.69 Å². The molecule has 0 aliphatic carbocycles. The fraction of sp³-hybridized carbons (Fsp3) is 0.588. The van der Waals surface area contributed by atoms with E-state index in [-0.39, 0.29) is 6.42 Å². The van der Waals surface area contributed by atoms with Crippen molar-refractivity contribution in [2.24, 2.45) is 0 Å². The van der Waals surface area contributed by atoms with Gasteiger partial charge in [0.2, 0.25) is 0 Å². The first-order chi connectivity index (χ1) is 9.69. The molecule has 1 N–H and O–H groups in total. The highest BCUT2D eigenvalue weighted by molar-refractivity contribution is 5.67. The zero-order valence-corrected chi connectivity index (χ0v) is 12.3. The molecule has 1 aliphatic rings. The number of aryl methyl sites for hydroxylation is 1. The zero-order chi connectivity index (χ0) is 14.4. The predicted octanol–water partition coefficient (Wildman–Crippen LogP) is 3.47. The lowest BCUT2D eigenvalue weighted by molar-refractivity contribution is -0.136.